The molecule has 1 aromatic rings. The van der Waals surface area contributed by atoms with E-state index in [1.807, 2.05) is 4.90 Å². The monoisotopic (exact) mass is 430 g/mol. The predicted octanol–water partition coefficient (Wildman–Crippen LogP) is 4.00. The first-order valence-electron chi connectivity index (χ1n) is 9.80. The van der Waals surface area contributed by atoms with Gasteiger partial charge in [-0.05, 0) is 49.7 Å². The van der Waals surface area contributed by atoms with Crippen LogP contribution in [0.1, 0.15) is 50.0 Å². The number of carbonyl (C=O) groups is 2. The van der Waals surface area contributed by atoms with Gasteiger partial charge >= 0.3 is 6.36 Å². The molecule has 0 atom stereocenters. The Bertz CT molecular complexity index is 816. The quantitative estimate of drug-likeness (QED) is 0.788. The summed E-state index contributed by atoms with van der Waals surface area (Å²) in [5.41, 5.74) is 0.444. The molecule has 0 aromatic heterocycles. The van der Waals surface area contributed by atoms with Gasteiger partial charge in [0.05, 0.1) is 5.02 Å². The van der Waals surface area contributed by atoms with E-state index in [0.29, 0.717) is 50.8 Å². The van der Waals surface area contributed by atoms with E-state index in [9.17, 15) is 22.8 Å². The molecule has 158 valence electrons. The van der Waals surface area contributed by atoms with Crippen molar-refractivity contribution in [1.29, 1.82) is 0 Å². The maximum Gasteiger partial charge on any atom is 0.573 e. The zero-order valence-corrected chi connectivity index (χ0v) is 16.5. The molecule has 0 bridgehead atoms. The zero-order valence-electron chi connectivity index (χ0n) is 15.7. The largest absolute Gasteiger partial charge is 0.573 e. The number of rotatable bonds is 3. The van der Waals surface area contributed by atoms with Crippen LogP contribution in [0.2, 0.25) is 5.02 Å². The van der Waals surface area contributed by atoms with E-state index < -0.39 is 12.1 Å². The Morgan fingerprint density at radius 1 is 1.24 bits per heavy atom. The van der Waals surface area contributed by atoms with Crippen LogP contribution in [0.15, 0.2) is 18.2 Å². The van der Waals surface area contributed by atoms with Gasteiger partial charge in [0, 0.05) is 31.0 Å². The first kappa shape index (κ1) is 20.3. The van der Waals surface area contributed by atoms with Crippen molar-refractivity contribution in [2.24, 2.45) is 5.92 Å². The minimum absolute atomic E-state index is 0.0208. The minimum atomic E-state index is -4.79. The molecule has 1 saturated carbocycles. The van der Waals surface area contributed by atoms with Gasteiger partial charge in [-0.15, -0.1) is 13.2 Å². The van der Waals surface area contributed by atoms with Gasteiger partial charge in [0.15, 0.2) is 0 Å². The molecule has 3 fully saturated rings. The summed E-state index contributed by atoms with van der Waals surface area (Å²) in [5.74, 6) is -0.309. The Hall–Kier alpha value is -1.96. The molecule has 2 saturated heterocycles. The number of likely N-dealkylation sites (tertiary alicyclic amines) is 1. The second kappa shape index (κ2) is 7.38. The lowest BCUT2D eigenvalue weighted by atomic mass is 9.67. The van der Waals surface area contributed by atoms with Gasteiger partial charge in [-0.25, -0.2) is 0 Å². The summed E-state index contributed by atoms with van der Waals surface area (Å²) in [5, 5.41) is 2.97. The Balaban J connectivity index is 1.34. The van der Waals surface area contributed by atoms with Crippen LogP contribution < -0.4 is 10.1 Å². The van der Waals surface area contributed by atoms with Gasteiger partial charge in [0.2, 0.25) is 11.8 Å². The first-order chi connectivity index (χ1) is 13.7. The number of hydrogen-bond donors (Lipinski definition) is 1. The van der Waals surface area contributed by atoms with Crippen LogP contribution >= 0.6 is 11.6 Å². The molecule has 1 spiro atoms. The maximum atomic E-state index is 12.8. The van der Waals surface area contributed by atoms with Gasteiger partial charge < -0.3 is 15.0 Å². The highest BCUT2D eigenvalue weighted by molar-refractivity contribution is 6.32. The number of amides is 2. The summed E-state index contributed by atoms with van der Waals surface area (Å²) >= 11 is 6.17. The smallest absolute Gasteiger partial charge is 0.404 e. The number of carbonyl (C=O) groups excluding carboxylic acids is 2. The molecule has 4 rings (SSSR count). The molecular formula is C20H22ClF3N2O3. The summed E-state index contributed by atoms with van der Waals surface area (Å²) in [7, 11) is 0. The van der Waals surface area contributed by atoms with Crippen molar-refractivity contribution >= 4 is 23.4 Å². The number of hydrogen-bond acceptors (Lipinski definition) is 3. The van der Waals surface area contributed by atoms with E-state index in [2.05, 4.69) is 10.1 Å². The van der Waals surface area contributed by atoms with E-state index in [1.165, 1.54) is 12.1 Å². The van der Waals surface area contributed by atoms with Crippen molar-refractivity contribution in [2.75, 3.05) is 13.1 Å². The number of benzene rings is 1. The van der Waals surface area contributed by atoms with E-state index in [4.69, 9.17) is 11.6 Å². The standard InChI is InChI=1S/C20H22ClF3N2O3/c21-17-14(2-1-3-15(17)29-20(22,23)24)12-5-8-26(9-6-12)18(28)13-10-19(11-13)7-4-16(27)25-19/h1-3,12-13H,4-11H2,(H,25,27). The normalized spacial score (nSPS) is 27.7. The third-order valence-corrected chi connectivity index (χ3v) is 6.73. The van der Waals surface area contributed by atoms with Crippen LogP contribution in [0.5, 0.6) is 5.75 Å². The summed E-state index contributed by atoms with van der Waals surface area (Å²) < 4.78 is 41.6. The van der Waals surface area contributed by atoms with E-state index in [1.54, 1.807) is 6.07 Å². The third kappa shape index (κ3) is 4.17. The van der Waals surface area contributed by atoms with Crippen molar-refractivity contribution in [2.45, 2.75) is 56.3 Å². The van der Waals surface area contributed by atoms with Crippen molar-refractivity contribution in [1.82, 2.24) is 10.2 Å². The van der Waals surface area contributed by atoms with Crippen LogP contribution in [-0.4, -0.2) is 41.7 Å². The predicted molar refractivity (Wildman–Crippen MR) is 99.5 cm³/mol. The number of piperidine rings is 1. The molecular weight excluding hydrogens is 409 g/mol. The molecule has 0 radical (unpaired) electrons. The molecule has 9 heteroatoms. The van der Waals surface area contributed by atoms with Gasteiger partial charge in [-0.1, -0.05) is 23.7 Å². The molecule has 0 unspecified atom stereocenters. The van der Waals surface area contributed by atoms with Gasteiger partial charge in [-0.2, -0.15) is 0 Å². The number of alkyl halides is 3. The summed E-state index contributed by atoms with van der Waals surface area (Å²) in [6, 6.07) is 4.42. The van der Waals surface area contributed by atoms with Crippen molar-refractivity contribution in [3.63, 3.8) is 0 Å². The molecule has 1 aliphatic carbocycles. The molecule has 1 aromatic carbocycles. The fraction of sp³-hybridized carbons (Fsp3) is 0.600. The molecule has 1 N–H and O–H groups in total. The Morgan fingerprint density at radius 2 is 1.93 bits per heavy atom. The average molecular weight is 431 g/mol. The maximum absolute atomic E-state index is 12.8. The van der Waals surface area contributed by atoms with Crippen LogP contribution in [0.4, 0.5) is 13.2 Å². The van der Waals surface area contributed by atoms with Crippen LogP contribution in [0, 0.1) is 5.92 Å². The molecule has 5 nitrogen and oxygen atoms in total. The van der Waals surface area contributed by atoms with E-state index in [0.717, 1.165) is 6.42 Å². The van der Waals surface area contributed by atoms with Crippen LogP contribution in [-0.2, 0) is 9.59 Å². The molecule has 29 heavy (non-hydrogen) atoms. The van der Waals surface area contributed by atoms with E-state index >= 15 is 0 Å². The van der Waals surface area contributed by atoms with Crippen LogP contribution in [0.3, 0.4) is 0 Å². The third-order valence-electron chi connectivity index (χ3n) is 6.32. The molecule has 3 aliphatic rings. The fourth-order valence-electron chi connectivity index (χ4n) is 4.85. The molecule has 2 aliphatic heterocycles. The molecule has 2 heterocycles. The average Bonchev–Trinajstić information content (AvgIpc) is 3.03. The first-order valence-corrected chi connectivity index (χ1v) is 10.2. The lowest BCUT2D eigenvalue weighted by Crippen LogP contribution is -2.57. The SMILES string of the molecule is O=C1CCC2(CC(C(=O)N3CCC(c4cccc(OC(F)(F)F)c4Cl)CC3)C2)N1. The lowest BCUT2D eigenvalue weighted by molar-refractivity contribution is -0.274. The highest BCUT2D eigenvalue weighted by atomic mass is 35.5. The van der Waals surface area contributed by atoms with Gasteiger partial charge in [0.25, 0.3) is 0 Å². The highest BCUT2D eigenvalue weighted by Gasteiger charge is 2.51. The van der Waals surface area contributed by atoms with Gasteiger partial charge in [-0.3, -0.25) is 9.59 Å². The van der Waals surface area contributed by atoms with Crippen LogP contribution in [0.25, 0.3) is 0 Å². The Labute approximate surface area is 171 Å². The lowest BCUT2D eigenvalue weighted by Gasteiger charge is -2.46. The number of ether oxygens (including phenoxy) is 1. The summed E-state index contributed by atoms with van der Waals surface area (Å²) in [6.45, 7) is 1.08. The van der Waals surface area contributed by atoms with Crippen molar-refractivity contribution in [3.05, 3.63) is 28.8 Å². The zero-order chi connectivity index (χ0) is 20.8. The second-order valence-corrected chi connectivity index (χ2v) is 8.62. The highest BCUT2D eigenvalue weighted by Crippen LogP contribution is 2.45. The van der Waals surface area contributed by atoms with E-state index in [-0.39, 0.29) is 34.2 Å². The fourth-order valence-corrected chi connectivity index (χ4v) is 5.17. The number of nitrogens with one attached hydrogen (secondary N) is 1. The molecule has 2 amide bonds. The number of halogens is 4. The number of nitrogens with zero attached hydrogens (tertiary/aromatic N) is 1. The Morgan fingerprint density at radius 3 is 2.52 bits per heavy atom. The van der Waals surface area contributed by atoms with Crippen molar-refractivity contribution < 1.29 is 27.5 Å². The topological polar surface area (TPSA) is 58.6 Å². The van der Waals surface area contributed by atoms with Gasteiger partial charge in [0.1, 0.15) is 5.75 Å². The minimum Gasteiger partial charge on any atom is -0.404 e. The summed E-state index contributed by atoms with van der Waals surface area (Å²) in [4.78, 5) is 26.0. The van der Waals surface area contributed by atoms with Crippen molar-refractivity contribution in [3.8, 4) is 5.75 Å². The Kier molecular flexibility index (Phi) is 5.17. The summed E-state index contributed by atoms with van der Waals surface area (Å²) in [6.07, 6.45) is -0.807. The second-order valence-electron chi connectivity index (χ2n) is 8.24.